The Morgan fingerprint density at radius 3 is 2.59 bits per heavy atom. The molecule has 4 heteroatoms. The lowest BCUT2D eigenvalue weighted by atomic mass is 10.1. The molecule has 2 unspecified atom stereocenters. The quantitative estimate of drug-likeness (QED) is 0.783. The van der Waals surface area contributed by atoms with Gasteiger partial charge in [-0.05, 0) is 19.4 Å². The van der Waals surface area contributed by atoms with Crippen LogP contribution in [0.1, 0.15) is 25.5 Å². The molecular weight excluding hydrogens is 218 g/mol. The minimum Gasteiger partial charge on any atom is -0.394 e. The lowest BCUT2D eigenvalue weighted by Crippen LogP contribution is -2.38. The van der Waals surface area contributed by atoms with E-state index in [1.54, 1.807) is 6.92 Å². The topological polar surface area (TPSA) is 58.6 Å². The maximum atomic E-state index is 11.7. The molecule has 0 radical (unpaired) electrons. The first-order valence-electron chi connectivity index (χ1n) is 5.76. The first-order valence-corrected chi connectivity index (χ1v) is 5.76. The molecule has 2 N–H and O–H groups in total. The van der Waals surface area contributed by atoms with Gasteiger partial charge in [0.05, 0.1) is 12.6 Å². The van der Waals surface area contributed by atoms with E-state index in [1.807, 2.05) is 37.3 Å². The Morgan fingerprint density at radius 1 is 1.41 bits per heavy atom. The molecule has 1 aromatic carbocycles. The summed E-state index contributed by atoms with van der Waals surface area (Å²) >= 11 is 0. The Labute approximate surface area is 102 Å². The van der Waals surface area contributed by atoms with Crippen LogP contribution in [-0.2, 0) is 9.53 Å². The fourth-order valence-corrected chi connectivity index (χ4v) is 1.53. The van der Waals surface area contributed by atoms with Crippen molar-refractivity contribution in [1.29, 1.82) is 0 Å². The largest absolute Gasteiger partial charge is 0.394 e. The highest BCUT2D eigenvalue weighted by Gasteiger charge is 2.18. The lowest BCUT2D eigenvalue weighted by Gasteiger charge is -2.19. The van der Waals surface area contributed by atoms with Crippen molar-refractivity contribution in [2.24, 2.45) is 0 Å². The van der Waals surface area contributed by atoms with Crippen LogP contribution in [-0.4, -0.2) is 30.3 Å². The van der Waals surface area contributed by atoms with Gasteiger partial charge in [-0.2, -0.15) is 0 Å². The van der Waals surface area contributed by atoms with Gasteiger partial charge in [-0.3, -0.25) is 4.79 Å². The molecule has 0 aromatic heterocycles. The molecule has 0 bridgehead atoms. The molecule has 1 aromatic rings. The van der Waals surface area contributed by atoms with Gasteiger partial charge in [0.1, 0.15) is 6.10 Å². The van der Waals surface area contributed by atoms with Gasteiger partial charge in [0.2, 0.25) is 5.91 Å². The number of aliphatic hydroxyl groups excluding tert-OH is 1. The molecule has 0 heterocycles. The highest BCUT2D eigenvalue weighted by atomic mass is 16.5. The summed E-state index contributed by atoms with van der Waals surface area (Å²) in [6.45, 7) is 3.89. The molecule has 94 valence electrons. The van der Waals surface area contributed by atoms with Crippen LogP contribution < -0.4 is 5.32 Å². The average Bonchev–Trinajstić information content (AvgIpc) is 2.37. The zero-order valence-corrected chi connectivity index (χ0v) is 10.2. The number of hydrogen-bond acceptors (Lipinski definition) is 3. The molecular formula is C13H19NO3. The summed E-state index contributed by atoms with van der Waals surface area (Å²) in [5.74, 6) is -0.213. The summed E-state index contributed by atoms with van der Waals surface area (Å²) < 4.78 is 5.19. The van der Waals surface area contributed by atoms with Crippen LogP contribution in [0.25, 0.3) is 0 Å². The molecule has 2 atom stereocenters. The minimum absolute atomic E-state index is 0.130. The third-order valence-corrected chi connectivity index (χ3v) is 2.49. The highest BCUT2D eigenvalue weighted by Crippen LogP contribution is 2.11. The molecule has 0 aliphatic heterocycles. The van der Waals surface area contributed by atoms with E-state index in [9.17, 15) is 9.90 Å². The molecule has 0 aliphatic carbocycles. The van der Waals surface area contributed by atoms with E-state index in [-0.39, 0.29) is 18.6 Å². The Morgan fingerprint density at radius 2 is 2.06 bits per heavy atom. The van der Waals surface area contributed by atoms with Crippen molar-refractivity contribution in [3.63, 3.8) is 0 Å². The molecule has 0 fully saturated rings. The second-order valence-corrected chi connectivity index (χ2v) is 3.75. The number of benzene rings is 1. The number of aliphatic hydroxyl groups is 1. The van der Waals surface area contributed by atoms with Crippen molar-refractivity contribution in [2.75, 3.05) is 13.2 Å². The van der Waals surface area contributed by atoms with Gasteiger partial charge >= 0.3 is 0 Å². The average molecular weight is 237 g/mol. The van der Waals surface area contributed by atoms with Gasteiger partial charge in [-0.1, -0.05) is 30.3 Å². The molecule has 0 aliphatic rings. The molecule has 17 heavy (non-hydrogen) atoms. The molecule has 0 saturated heterocycles. The maximum Gasteiger partial charge on any atom is 0.249 e. The summed E-state index contributed by atoms with van der Waals surface area (Å²) in [5.41, 5.74) is 0.882. The number of carbonyl (C=O) groups excluding carboxylic acids is 1. The van der Waals surface area contributed by atoms with Gasteiger partial charge in [0, 0.05) is 6.61 Å². The van der Waals surface area contributed by atoms with Crippen LogP contribution in [0, 0.1) is 0 Å². The van der Waals surface area contributed by atoms with Gasteiger partial charge in [-0.15, -0.1) is 0 Å². The number of amides is 1. The Kier molecular flexibility index (Phi) is 5.66. The number of hydrogen-bond donors (Lipinski definition) is 2. The van der Waals surface area contributed by atoms with Crippen LogP contribution in [0.15, 0.2) is 30.3 Å². The summed E-state index contributed by atoms with van der Waals surface area (Å²) in [4.78, 5) is 11.7. The third kappa shape index (κ3) is 4.17. The van der Waals surface area contributed by atoms with Crippen molar-refractivity contribution in [3.8, 4) is 0 Å². The van der Waals surface area contributed by atoms with Gasteiger partial charge in [0.25, 0.3) is 0 Å². The molecule has 0 spiro atoms. The van der Waals surface area contributed by atoms with E-state index < -0.39 is 6.10 Å². The summed E-state index contributed by atoms with van der Waals surface area (Å²) in [6, 6.07) is 8.99. The SMILES string of the molecule is CCOC(C)C(=O)NC(CO)c1ccccc1. The third-order valence-electron chi connectivity index (χ3n) is 2.49. The monoisotopic (exact) mass is 237 g/mol. The van der Waals surface area contributed by atoms with Crippen molar-refractivity contribution < 1.29 is 14.6 Å². The van der Waals surface area contributed by atoms with Crippen molar-refractivity contribution >= 4 is 5.91 Å². The van der Waals surface area contributed by atoms with Crippen molar-refractivity contribution in [2.45, 2.75) is 26.0 Å². The van der Waals surface area contributed by atoms with E-state index in [0.29, 0.717) is 6.61 Å². The fourth-order valence-electron chi connectivity index (χ4n) is 1.53. The van der Waals surface area contributed by atoms with E-state index in [2.05, 4.69) is 5.32 Å². The number of nitrogens with one attached hydrogen (secondary N) is 1. The number of ether oxygens (including phenoxy) is 1. The predicted molar refractivity (Wildman–Crippen MR) is 65.5 cm³/mol. The smallest absolute Gasteiger partial charge is 0.249 e. The van der Waals surface area contributed by atoms with E-state index in [4.69, 9.17) is 4.74 Å². The van der Waals surface area contributed by atoms with Gasteiger partial charge in [-0.25, -0.2) is 0 Å². The van der Waals surface area contributed by atoms with Crippen LogP contribution >= 0.6 is 0 Å². The van der Waals surface area contributed by atoms with E-state index >= 15 is 0 Å². The second kappa shape index (κ2) is 7.04. The van der Waals surface area contributed by atoms with Crippen LogP contribution in [0.4, 0.5) is 0 Å². The predicted octanol–water partition coefficient (Wildman–Crippen LogP) is 1.26. The zero-order valence-electron chi connectivity index (χ0n) is 10.2. The van der Waals surface area contributed by atoms with Gasteiger partial charge < -0.3 is 15.2 Å². The van der Waals surface area contributed by atoms with E-state index in [0.717, 1.165) is 5.56 Å². The first-order chi connectivity index (χ1) is 8.19. The minimum atomic E-state index is -0.502. The van der Waals surface area contributed by atoms with Crippen LogP contribution in [0.2, 0.25) is 0 Å². The maximum absolute atomic E-state index is 11.7. The Bertz CT molecular complexity index is 340. The first kappa shape index (κ1) is 13.7. The zero-order chi connectivity index (χ0) is 12.7. The highest BCUT2D eigenvalue weighted by molar-refractivity contribution is 5.80. The molecule has 0 saturated carbocycles. The fraction of sp³-hybridized carbons (Fsp3) is 0.462. The summed E-state index contributed by atoms with van der Waals surface area (Å²) in [7, 11) is 0. The Balaban J connectivity index is 2.62. The lowest BCUT2D eigenvalue weighted by molar-refractivity contribution is -0.132. The van der Waals surface area contributed by atoms with E-state index in [1.165, 1.54) is 0 Å². The van der Waals surface area contributed by atoms with Crippen LogP contribution in [0.3, 0.4) is 0 Å². The summed E-state index contributed by atoms with van der Waals surface area (Å²) in [5, 5.41) is 12.0. The molecule has 1 amide bonds. The summed E-state index contributed by atoms with van der Waals surface area (Å²) in [6.07, 6.45) is -0.502. The standard InChI is InChI=1S/C13H19NO3/c1-3-17-10(2)13(16)14-12(9-15)11-7-5-4-6-8-11/h4-8,10,12,15H,3,9H2,1-2H3,(H,14,16). The van der Waals surface area contributed by atoms with Crippen molar-refractivity contribution in [3.05, 3.63) is 35.9 Å². The van der Waals surface area contributed by atoms with Gasteiger partial charge in [0.15, 0.2) is 0 Å². The molecule has 1 rings (SSSR count). The van der Waals surface area contributed by atoms with Crippen molar-refractivity contribution in [1.82, 2.24) is 5.32 Å². The Hall–Kier alpha value is -1.39. The second-order valence-electron chi connectivity index (χ2n) is 3.75. The number of carbonyl (C=O) groups is 1. The molecule has 4 nitrogen and oxygen atoms in total. The number of rotatable bonds is 6. The van der Waals surface area contributed by atoms with Crippen LogP contribution in [0.5, 0.6) is 0 Å². The normalized spacial score (nSPS) is 14.1.